The summed E-state index contributed by atoms with van der Waals surface area (Å²) >= 11 is 4.64. The Bertz CT molecular complexity index is 336. The van der Waals surface area contributed by atoms with Crippen LogP contribution in [0.2, 0.25) is 0 Å². The van der Waals surface area contributed by atoms with E-state index < -0.39 is 0 Å². The molecule has 76 valence electrons. The SMILES string of the molecule is NC(=S)N(N)Cc1cc(O)cc(O)c1. The molecule has 0 aliphatic rings. The van der Waals surface area contributed by atoms with E-state index in [0.29, 0.717) is 5.56 Å². The summed E-state index contributed by atoms with van der Waals surface area (Å²) in [6.45, 7) is 0.233. The van der Waals surface area contributed by atoms with Crippen LogP contribution in [0.5, 0.6) is 11.5 Å². The van der Waals surface area contributed by atoms with Crippen LogP contribution in [0.4, 0.5) is 0 Å². The molecule has 14 heavy (non-hydrogen) atoms. The second-order valence-corrected chi connectivity index (χ2v) is 3.24. The van der Waals surface area contributed by atoms with Crippen molar-refractivity contribution in [2.75, 3.05) is 0 Å². The van der Waals surface area contributed by atoms with Crippen molar-refractivity contribution in [3.05, 3.63) is 23.8 Å². The number of hydrazine groups is 1. The minimum Gasteiger partial charge on any atom is -0.508 e. The van der Waals surface area contributed by atoms with Crippen molar-refractivity contribution in [2.24, 2.45) is 11.6 Å². The molecule has 0 unspecified atom stereocenters. The molecule has 0 saturated heterocycles. The molecular formula is C8H11N3O2S. The third kappa shape index (κ3) is 2.75. The summed E-state index contributed by atoms with van der Waals surface area (Å²) in [5.41, 5.74) is 5.89. The average molecular weight is 213 g/mol. The van der Waals surface area contributed by atoms with E-state index in [9.17, 15) is 0 Å². The molecule has 0 aliphatic carbocycles. The lowest BCUT2D eigenvalue weighted by molar-refractivity contribution is 0.424. The van der Waals surface area contributed by atoms with Gasteiger partial charge in [0.1, 0.15) is 11.5 Å². The standard InChI is InChI=1S/C8H11N3O2S/c9-8(14)11(10)4-5-1-6(12)3-7(13)2-5/h1-3,12-13H,4,10H2,(H2,9,14). The van der Waals surface area contributed by atoms with E-state index >= 15 is 0 Å². The van der Waals surface area contributed by atoms with E-state index in [2.05, 4.69) is 12.2 Å². The highest BCUT2D eigenvalue weighted by molar-refractivity contribution is 7.80. The number of benzene rings is 1. The fourth-order valence-corrected chi connectivity index (χ4v) is 1.09. The Labute approximate surface area is 86.5 Å². The zero-order chi connectivity index (χ0) is 10.7. The smallest absolute Gasteiger partial charge is 0.180 e. The lowest BCUT2D eigenvalue weighted by Gasteiger charge is -2.16. The number of nitrogens with two attached hydrogens (primary N) is 2. The van der Waals surface area contributed by atoms with Crippen molar-refractivity contribution in [2.45, 2.75) is 6.54 Å². The number of hydrogen-bond acceptors (Lipinski definition) is 4. The Morgan fingerprint density at radius 1 is 1.29 bits per heavy atom. The maximum absolute atomic E-state index is 9.16. The fourth-order valence-electron chi connectivity index (χ4n) is 1.02. The summed E-state index contributed by atoms with van der Waals surface area (Å²) in [5.74, 6) is 5.39. The zero-order valence-electron chi connectivity index (χ0n) is 7.34. The molecule has 0 spiro atoms. The molecule has 1 aromatic rings. The monoisotopic (exact) mass is 213 g/mol. The molecule has 0 fully saturated rings. The first-order valence-corrected chi connectivity index (χ1v) is 4.23. The van der Waals surface area contributed by atoms with Gasteiger partial charge in [-0.3, -0.25) is 5.01 Å². The number of rotatable bonds is 2. The molecule has 0 saturated carbocycles. The first kappa shape index (κ1) is 10.6. The van der Waals surface area contributed by atoms with Gasteiger partial charge in [0.25, 0.3) is 0 Å². The summed E-state index contributed by atoms with van der Waals surface area (Å²) in [7, 11) is 0. The van der Waals surface area contributed by atoms with E-state index in [-0.39, 0.29) is 23.2 Å². The topological polar surface area (TPSA) is 95.7 Å². The van der Waals surface area contributed by atoms with Crippen LogP contribution in [0, 0.1) is 0 Å². The van der Waals surface area contributed by atoms with Gasteiger partial charge in [-0.1, -0.05) is 0 Å². The number of thiocarbonyl (C=S) groups is 1. The second-order valence-electron chi connectivity index (χ2n) is 2.82. The van der Waals surface area contributed by atoms with Crippen molar-refractivity contribution >= 4 is 17.3 Å². The highest BCUT2D eigenvalue weighted by Crippen LogP contribution is 2.20. The summed E-state index contributed by atoms with van der Waals surface area (Å²) in [6, 6.07) is 4.17. The Hall–Kier alpha value is -1.53. The van der Waals surface area contributed by atoms with Gasteiger partial charge in [0.05, 0.1) is 6.54 Å². The largest absolute Gasteiger partial charge is 0.508 e. The third-order valence-electron chi connectivity index (χ3n) is 1.60. The van der Waals surface area contributed by atoms with Crippen molar-refractivity contribution in [3.63, 3.8) is 0 Å². The number of aromatic hydroxyl groups is 2. The van der Waals surface area contributed by atoms with Gasteiger partial charge < -0.3 is 15.9 Å². The van der Waals surface area contributed by atoms with Crippen LogP contribution in [0.15, 0.2) is 18.2 Å². The summed E-state index contributed by atoms with van der Waals surface area (Å²) < 4.78 is 0. The molecule has 0 bridgehead atoms. The highest BCUT2D eigenvalue weighted by atomic mass is 32.1. The number of hydrogen-bond donors (Lipinski definition) is 4. The molecule has 1 rings (SSSR count). The van der Waals surface area contributed by atoms with Crippen molar-refractivity contribution in [1.29, 1.82) is 0 Å². The maximum Gasteiger partial charge on any atom is 0.180 e. The zero-order valence-corrected chi connectivity index (χ0v) is 8.16. The van der Waals surface area contributed by atoms with Gasteiger partial charge in [-0.05, 0) is 29.9 Å². The van der Waals surface area contributed by atoms with Crippen LogP contribution in [0.3, 0.4) is 0 Å². The number of nitrogens with zero attached hydrogens (tertiary/aromatic N) is 1. The van der Waals surface area contributed by atoms with Crippen molar-refractivity contribution < 1.29 is 10.2 Å². The van der Waals surface area contributed by atoms with Crippen LogP contribution < -0.4 is 11.6 Å². The van der Waals surface area contributed by atoms with Gasteiger partial charge in [-0.25, -0.2) is 5.84 Å². The Kier molecular flexibility index (Phi) is 3.10. The van der Waals surface area contributed by atoms with Crippen LogP contribution in [-0.4, -0.2) is 20.3 Å². The quantitative estimate of drug-likeness (QED) is 0.314. The molecule has 0 radical (unpaired) electrons. The molecule has 1 aromatic carbocycles. The van der Waals surface area contributed by atoms with Gasteiger partial charge in [0, 0.05) is 6.07 Å². The summed E-state index contributed by atoms with van der Waals surface area (Å²) in [5, 5.41) is 19.5. The van der Waals surface area contributed by atoms with Gasteiger partial charge in [0.2, 0.25) is 0 Å². The Morgan fingerprint density at radius 2 is 1.79 bits per heavy atom. The average Bonchev–Trinajstić information content (AvgIpc) is 2.01. The van der Waals surface area contributed by atoms with Crippen LogP contribution >= 0.6 is 12.2 Å². The summed E-state index contributed by atoms with van der Waals surface area (Å²) in [4.78, 5) is 0. The minimum absolute atomic E-state index is 0.0312. The normalized spacial score (nSPS) is 9.79. The lowest BCUT2D eigenvalue weighted by Crippen LogP contribution is -2.40. The fraction of sp³-hybridized carbons (Fsp3) is 0.125. The van der Waals surface area contributed by atoms with Gasteiger partial charge in [0.15, 0.2) is 5.11 Å². The lowest BCUT2D eigenvalue weighted by atomic mass is 10.2. The second kappa shape index (κ2) is 4.12. The van der Waals surface area contributed by atoms with Crippen LogP contribution in [-0.2, 0) is 6.54 Å². The Balaban J connectivity index is 2.81. The highest BCUT2D eigenvalue weighted by Gasteiger charge is 2.04. The van der Waals surface area contributed by atoms with Crippen LogP contribution in [0.25, 0.3) is 0 Å². The predicted octanol–water partition coefficient (Wildman–Crippen LogP) is 0.0171. The van der Waals surface area contributed by atoms with E-state index in [4.69, 9.17) is 21.8 Å². The van der Waals surface area contributed by atoms with Crippen molar-refractivity contribution in [3.8, 4) is 11.5 Å². The molecule has 0 aromatic heterocycles. The number of phenols is 2. The molecule has 0 heterocycles. The first-order chi connectivity index (χ1) is 6.49. The van der Waals surface area contributed by atoms with Crippen LogP contribution in [0.1, 0.15) is 5.56 Å². The van der Waals surface area contributed by atoms with Crippen molar-refractivity contribution in [1.82, 2.24) is 5.01 Å². The molecule has 0 amide bonds. The van der Waals surface area contributed by atoms with E-state index in [0.717, 1.165) is 5.01 Å². The molecule has 6 heteroatoms. The van der Waals surface area contributed by atoms with Gasteiger partial charge >= 0.3 is 0 Å². The third-order valence-corrected chi connectivity index (χ3v) is 1.83. The van der Waals surface area contributed by atoms with E-state index in [1.54, 1.807) is 0 Å². The van der Waals surface area contributed by atoms with Gasteiger partial charge in [-0.15, -0.1) is 0 Å². The molecular weight excluding hydrogens is 202 g/mol. The van der Waals surface area contributed by atoms with Gasteiger partial charge in [-0.2, -0.15) is 0 Å². The Morgan fingerprint density at radius 3 is 2.21 bits per heavy atom. The summed E-state index contributed by atoms with van der Waals surface area (Å²) in [6.07, 6.45) is 0. The predicted molar refractivity (Wildman–Crippen MR) is 56.3 cm³/mol. The number of phenolic OH excluding ortho intramolecular Hbond substituents is 2. The molecule has 6 N–H and O–H groups in total. The minimum atomic E-state index is -0.0312. The molecule has 0 aliphatic heterocycles. The van der Waals surface area contributed by atoms with E-state index in [1.165, 1.54) is 18.2 Å². The van der Waals surface area contributed by atoms with E-state index in [1.807, 2.05) is 0 Å². The molecule has 0 atom stereocenters. The molecule has 5 nitrogen and oxygen atoms in total. The maximum atomic E-state index is 9.16. The first-order valence-electron chi connectivity index (χ1n) is 3.82.